The Bertz CT molecular complexity index is 1760. The summed E-state index contributed by atoms with van der Waals surface area (Å²) in [5.74, 6) is 3.67. The Hall–Kier alpha value is -3.99. The van der Waals surface area contributed by atoms with Crippen LogP contribution in [0.15, 0.2) is 45.7 Å². The zero-order valence-electron chi connectivity index (χ0n) is 20.8. The van der Waals surface area contributed by atoms with Gasteiger partial charge in [-0.15, -0.1) is 0 Å². The van der Waals surface area contributed by atoms with Crippen LogP contribution >= 0.6 is 0 Å². The van der Waals surface area contributed by atoms with Gasteiger partial charge in [0.2, 0.25) is 0 Å². The largest absolute Gasteiger partial charge is 0.419 e. The highest BCUT2D eigenvalue weighted by Gasteiger charge is 3.09. The van der Waals surface area contributed by atoms with Crippen LogP contribution in [0.2, 0.25) is 0 Å². The van der Waals surface area contributed by atoms with Crippen LogP contribution < -0.4 is 21.7 Å². The molecule has 3 N–H and O–H groups in total. The Kier molecular flexibility index (Phi) is 3.51. The lowest BCUT2D eigenvalue weighted by atomic mass is 8.94. The number of aryl methyl sites for hydroxylation is 1. The Morgan fingerprint density at radius 2 is 1.79 bits per heavy atom. The molecule has 11 heteroatoms. The molecule has 0 bridgehead atoms. The molecule has 3 heterocycles. The van der Waals surface area contributed by atoms with Crippen molar-refractivity contribution in [1.82, 2.24) is 35.1 Å². The maximum Gasteiger partial charge on any atom is 0.419 e. The number of hydrogen-bond donors (Lipinski definition) is 3. The summed E-state index contributed by atoms with van der Waals surface area (Å²) in [5, 5.41) is 13.9. The molecular formula is C27H25N7O4. The van der Waals surface area contributed by atoms with E-state index in [1.807, 2.05) is 0 Å². The number of oxazole rings is 1. The van der Waals surface area contributed by atoms with Crippen molar-refractivity contribution in [3.63, 3.8) is 0 Å². The van der Waals surface area contributed by atoms with Crippen molar-refractivity contribution < 1.29 is 14.0 Å². The first kappa shape index (κ1) is 21.0. The third-order valence-corrected chi connectivity index (χ3v) is 11.0. The molecule has 11 nitrogen and oxygen atoms in total. The Morgan fingerprint density at radius 1 is 1.03 bits per heavy atom. The van der Waals surface area contributed by atoms with E-state index >= 15 is 0 Å². The van der Waals surface area contributed by atoms with Gasteiger partial charge < -0.3 is 20.4 Å². The summed E-state index contributed by atoms with van der Waals surface area (Å²) in [4.78, 5) is 42.6. The minimum atomic E-state index is -0.438. The van der Waals surface area contributed by atoms with Gasteiger partial charge in [0.1, 0.15) is 11.4 Å². The van der Waals surface area contributed by atoms with Gasteiger partial charge in [-0.1, -0.05) is 6.07 Å². The molecule has 38 heavy (non-hydrogen) atoms. The molecule has 4 aromatic rings. The first-order chi connectivity index (χ1) is 18.4. The maximum absolute atomic E-state index is 13.3. The minimum absolute atomic E-state index is 0.146. The van der Waals surface area contributed by atoms with Gasteiger partial charge in [-0.25, -0.2) is 14.3 Å². The molecule has 6 fully saturated rings. The first-order valence-electron chi connectivity index (χ1n) is 13.1. The number of benzene rings is 1. The van der Waals surface area contributed by atoms with E-state index in [1.165, 1.54) is 15.1 Å². The lowest BCUT2D eigenvalue weighted by molar-refractivity contribution is -0.623. The van der Waals surface area contributed by atoms with E-state index in [1.54, 1.807) is 37.5 Å². The minimum Gasteiger partial charge on any atom is -0.408 e. The van der Waals surface area contributed by atoms with E-state index in [4.69, 9.17) is 4.42 Å². The molecule has 3 aromatic heterocycles. The monoisotopic (exact) mass is 511 g/mol. The lowest BCUT2D eigenvalue weighted by Gasteiger charge is -3.11. The summed E-state index contributed by atoms with van der Waals surface area (Å²) in [7, 11) is 3.74. The van der Waals surface area contributed by atoms with E-state index in [0.717, 1.165) is 41.1 Å². The molecule has 192 valence electrons. The standard InChI is InChI=1S/C27H25N7O4/c1-28-27-20-17-21(27)19-22(27)18(20)26(17,19)10-30-24(36)14-8-12(32-16-5-6-31-34(14)16)23(35)29-9-11-3-4-15-13(7-11)33(2)25(37)38-15/h3-8,17-22,28H,9-10H2,1-2H3,(H,29,35)(H,30,36). The highest BCUT2D eigenvalue weighted by molar-refractivity contribution is 5.98. The number of carbonyl (C=O) groups is 2. The number of nitrogens with zero attached hydrogens (tertiary/aromatic N) is 4. The van der Waals surface area contributed by atoms with Crippen molar-refractivity contribution in [2.75, 3.05) is 13.6 Å². The van der Waals surface area contributed by atoms with Crippen LogP contribution in [0.1, 0.15) is 26.5 Å². The number of hydrogen-bond acceptors (Lipinski definition) is 7. The smallest absolute Gasteiger partial charge is 0.408 e. The highest BCUT2D eigenvalue weighted by Crippen LogP contribution is 3.06. The molecule has 0 spiro atoms. The second-order valence-corrected chi connectivity index (χ2v) is 11.7. The fraction of sp³-hybridized carbons (Fsp3) is 0.444. The molecular weight excluding hydrogens is 486 g/mol. The van der Waals surface area contributed by atoms with Crippen molar-refractivity contribution in [2.24, 2.45) is 48.0 Å². The van der Waals surface area contributed by atoms with Crippen molar-refractivity contribution >= 4 is 28.6 Å². The van der Waals surface area contributed by atoms with Crippen molar-refractivity contribution in [3.05, 3.63) is 64.0 Å². The van der Waals surface area contributed by atoms with Crippen LogP contribution in [0, 0.1) is 40.9 Å². The van der Waals surface area contributed by atoms with Crippen molar-refractivity contribution in [3.8, 4) is 0 Å². The van der Waals surface area contributed by atoms with E-state index in [9.17, 15) is 14.4 Å². The number of fused-ring (bicyclic) bond motifs is 2. The van der Waals surface area contributed by atoms with Gasteiger partial charge in [-0.3, -0.25) is 14.2 Å². The summed E-state index contributed by atoms with van der Waals surface area (Å²) >= 11 is 0. The van der Waals surface area contributed by atoms with Gasteiger partial charge in [0.05, 0.1) is 11.7 Å². The quantitative estimate of drug-likeness (QED) is 0.330. The predicted octanol–water partition coefficient (Wildman–Crippen LogP) is 0.544. The van der Waals surface area contributed by atoms with Crippen LogP contribution in [0.3, 0.4) is 0 Å². The summed E-state index contributed by atoms with van der Waals surface area (Å²) in [6.45, 7) is 0.923. The zero-order chi connectivity index (χ0) is 25.7. The van der Waals surface area contributed by atoms with Crippen molar-refractivity contribution in [2.45, 2.75) is 12.1 Å². The van der Waals surface area contributed by atoms with Gasteiger partial charge >= 0.3 is 5.76 Å². The Labute approximate surface area is 215 Å². The number of carbonyl (C=O) groups excluding carboxylic acids is 2. The normalized spacial score (nSPS) is 35.9. The van der Waals surface area contributed by atoms with E-state index in [0.29, 0.717) is 39.9 Å². The highest BCUT2D eigenvalue weighted by atomic mass is 16.4. The third-order valence-electron chi connectivity index (χ3n) is 11.0. The van der Waals surface area contributed by atoms with Gasteiger partial charge in [-0.2, -0.15) is 5.10 Å². The first-order valence-corrected chi connectivity index (χ1v) is 13.1. The molecule has 2 amide bonds. The molecule has 10 rings (SSSR count). The van der Waals surface area contributed by atoms with Crippen LogP contribution in [0.4, 0.5) is 0 Å². The molecule has 0 saturated heterocycles. The molecule has 6 aliphatic carbocycles. The predicted molar refractivity (Wildman–Crippen MR) is 133 cm³/mol. The topological polar surface area (TPSA) is 136 Å². The summed E-state index contributed by atoms with van der Waals surface area (Å²) in [6, 6.07) is 8.48. The van der Waals surface area contributed by atoms with Gasteiger partial charge in [0, 0.05) is 37.8 Å². The molecule has 0 unspecified atom stereocenters. The van der Waals surface area contributed by atoms with Gasteiger partial charge in [-0.05, 0) is 65.7 Å². The summed E-state index contributed by atoms with van der Waals surface area (Å²) in [6.07, 6.45) is 1.57. The molecule has 6 aliphatic rings. The maximum atomic E-state index is 13.3. The number of nitrogens with one attached hydrogen (secondary N) is 3. The molecule has 0 radical (unpaired) electrons. The van der Waals surface area contributed by atoms with Crippen LogP contribution in [-0.2, 0) is 13.6 Å². The van der Waals surface area contributed by atoms with E-state index in [-0.39, 0.29) is 18.1 Å². The van der Waals surface area contributed by atoms with Gasteiger partial charge in [0.25, 0.3) is 11.8 Å². The molecule has 1 aromatic carbocycles. The third kappa shape index (κ3) is 1.97. The molecule has 0 aliphatic heterocycles. The number of aromatic nitrogens is 4. The SMILES string of the molecule is CNC12C3C4C1C1C2C3C41CNC(=O)c1cc(C(=O)NCc2ccc3oc(=O)n(C)c3c2)nc2ccnn12. The van der Waals surface area contributed by atoms with Crippen LogP contribution in [0.25, 0.3) is 16.7 Å². The summed E-state index contributed by atoms with van der Waals surface area (Å²) < 4.78 is 8.07. The van der Waals surface area contributed by atoms with E-state index in [2.05, 4.69) is 33.1 Å². The zero-order valence-corrected chi connectivity index (χ0v) is 20.8. The van der Waals surface area contributed by atoms with Crippen molar-refractivity contribution in [1.29, 1.82) is 0 Å². The summed E-state index contributed by atoms with van der Waals surface area (Å²) in [5.41, 5.74) is 3.57. The second-order valence-electron chi connectivity index (χ2n) is 11.7. The van der Waals surface area contributed by atoms with E-state index < -0.39 is 11.7 Å². The molecule has 0 atom stereocenters. The fourth-order valence-corrected chi connectivity index (χ4v) is 9.67. The van der Waals surface area contributed by atoms with Gasteiger partial charge in [0.15, 0.2) is 11.2 Å². The Balaban J connectivity index is 0.927. The van der Waals surface area contributed by atoms with Crippen LogP contribution in [0.5, 0.6) is 0 Å². The lowest BCUT2D eigenvalue weighted by Crippen LogP contribution is -3.15. The number of amides is 2. The number of rotatable bonds is 7. The van der Waals surface area contributed by atoms with Crippen LogP contribution in [-0.4, -0.2) is 50.1 Å². The average molecular weight is 512 g/mol. The second kappa shape index (κ2) is 6.35. The fourth-order valence-electron chi connectivity index (χ4n) is 9.67. The average Bonchev–Trinajstić information content (AvgIpc) is 3.53. The molecule has 6 saturated carbocycles. The Morgan fingerprint density at radius 3 is 2.53 bits per heavy atom.